The fraction of sp³-hybridized carbons (Fsp3) is 0.385. The number of hydrogen-bond acceptors (Lipinski definition) is 3. The Morgan fingerprint density at radius 3 is 2.67 bits per heavy atom. The van der Waals surface area contributed by atoms with Gasteiger partial charge in [-0.2, -0.15) is 0 Å². The van der Waals surface area contributed by atoms with Crippen LogP contribution in [-0.2, 0) is 6.54 Å². The first-order chi connectivity index (χ1) is 8.76. The van der Waals surface area contributed by atoms with E-state index in [-0.39, 0.29) is 6.04 Å². The molecule has 0 amide bonds. The highest BCUT2D eigenvalue weighted by Gasteiger charge is 2.16. The van der Waals surface area contributed by atoms with Crippen molar-refractivity contribution in [3.63, 3.8) is 0 Å². The van der Waals surface area contributed by atoms with Crippen molar-refractivity contribution >= 4 is 15.9 Å². The third kappa shape index (κ3) is 2.79. The van der Waals surface area contributed by atoms with E-state index in [0.29, 0.717) is 0 Å². The van der Waals surface area contributed by atoms with Crippen LogP contribution in [0.3, 0.4) is 0 Å². The van der Waals surface area contributed by atoms with Gasteiger partial charge in [-0.1, -0.05) is 40.2 Å². The van der Waals surface area contributed by atoms with Crippen LogP contribution in [0.5, 0.6) is 0 Å². The van der Waals surface area contributed by atoms with Gasteiger partial charge < -0.3 is 5.32 Å². The fourth-order valence-electron chi connectivity index (χ4n) is 2.02. The summed E-state index contributed by atoms with van der Waals surface area (Å²) in [6, 6.07) is 8.43. The maximum Gasteiger partial charge on any atom is 0.0801 e. The third-order valence-corrected chi connectivity index (χ3v) is 3.40. The number of benzene rings is 1. The maximum atomic E-state index is 4.14. The van der Waals surface area contributed by atoms with Crippen LogP contribution in [-0.4, -0.2) is 22.0 Å². The Morgan fingerprint density at radius 2 is 2.06 bits per heavy atom. The molecule has 1 N–H and O–H groups in total. The lowest BCUT2D eigenvalue weighted by molar-refractivity contribution is 0.523. The van der Waals surface area contributed by atoms with Crippen molar-refractivity contribution in [1.29, 1.82) is 0 Å². The topological polar surface area (TPSA) is 42.7 Å². The van der Waals surface area contributed by atoms with Gasteiger partial charge in [0.05, 0.1) is 17.9 Å². The van der Waals surface area contributed by atoms with Crippen molar-refractivity contribution in [2.24, 2.45) is 0 Å². The predicted octanol–water partition coefficient (Wildman–Crippen LogP) is 2.76. The number of aromatic nitrogens is 3. The summed E-state index contributed by atoms with van der Waals surface area (Å²) in [5.74, 6) is 0. The van der Waals surface area contributed by atoms with E-state index in [4.69, 9.17) is 0 Å². The van der Waals surface area contributed by atoms with Crippen molar-refractivity contribution in [2.75, 3.05) is 7.05 Å². The van der Waals surface area contributed by atoms with Gasteiger partial charge in [-0.25, -0.2) is 4.68 Å². The Balaban J connectivity index is 2.32. The van der Waals surface area contributed by atoms with Crippen molar-refractivity contribution in [2.45, 2.75) is 25.9 Å². The molecule has 5 heteroatoms. The van der Waals surface area contributed by atoms with E-state index in [1.807, 2.05) is 30.1 Å². The van der Waals surface area contributed by atoms with Crippen LogP contribution < -0.4 is 5.32 Å². The highest BCUT2D eigenvalue weighted by molar-refractivity contribution is 9.10. The number of hydrogen-bond donors (Lipinski definition) is 1. The van der Waals surface area contributed by atoms with E-state index in [1.165, 1.54) is 5.56 Å². The molecule has 0 radical (unpaired) electrons. The van der Waals surface area contributed by atoms with Crippen molar-refractivity contribution in [3.05, 3.63) is 46.2 Å². The summed E-state index contributed by atoms with van der Waals surface area (Å²) in [7, 11) is 1.95. The molecule has 0 aliphatic heterocycles. The van der Waals surface area contributed by atoms with Crippen LogP contribution in [0.4, 0.5) is 0 Å². The largest absolute Gasteiger partial charge is 0.308 e. The zero-order valence-corrected chi connectivity index (χ0v) is 12.2. The molecule has 4 nitrogen and oxygen atoms in total. The first kappa shape index (κ1) is 13.2. The second kappa shape index (κ2) is 6.11. The van der Waals surface area contributed by atoms with Gasteiger partial charge in [-0.15, -0.1) is 5.10 Å². The summed E-state index contributed by atoms with van der Waals surface area (Å²) in [6.07, 6.45) is 2.88. The molecule has 1 heterocycles. The van der Waals surface area contributed by atoms with Gasteiger partial charge in [0, 0.05) is 11.0 Å². The van der Waals surface area contributed by atoms with Crippen LogP contribution in [0.15, 0.2) is 34.9 Å². The average Bonchev–Trinajstić information content (AvgIpc) is 2.82. The lowest BCUT2D eigenvalue weighted by atomic mass is 10.0. The second-order valence-electron chi connectivity index (χ2n) is 4.16. The number of rotatable bonds is 5. The van der Waals surface area contributed by atoms with Gasteiger partial charge in [0.15, 0.2) is 0 Å². The maximum absolute atomic E-state index is 4.14. The fourth-order valence-corrected chi connectivity index (χ4v) is 2.28. The van der Waals surface area contributed by atoms with Gasteiger partial charge in [-0.3, -0.25) is 0 Å². The lowest BCUT2D eigenvalue weighted by Gasteiger charge is -2.17. The van der Waals surface area contributed by atoms with Crippen LogP contribution in [0, 0.1) is 0 Å². The molecule has 1 atom stereocenters. The standard InChI is InChI=1S/C13H17BrN4/c1-3-8-18-12(9-16-17-18)13(15-2)10-4-6-11(14)7-5-10/h4-7,9,13,15H,3,8H2,1-2H3. The van der Waals surface area contributed by atoms with E-state index < -0.39 is 0 Å². The normalized spacial score (nSPS) is 12.6. The molecular formula is C13H17BrN4. The molecule has 2 rings (SSSR count). The number of nitrogens with zero attached hydrogens (tertiary/aromatic N) is 3. The summed E-state index contributed by atoms with van der Waals surface area (Å²) < 4.78 is 3.05. The van der Waals surface area contributed by atoms with E-state index in [2.05, 4.69) is 50.6 Å². The summed E-state index contributed by atoms with van der Waals surface area (Å²) in [5.41, 5.74) is 2.31. The van der Waals surface area contributed by atoms with Crippen molar-refractivity contribution < 1.29 is 0 Å². The predicted molar refractivity (Wildman–Crippen MR) is 75.4 cm³/mol. The minimum absolute atomic E-state index is 0.125. The molecule has 0 saturated heterocycles. The lowest BCUT2D eigenvalue weighted by Crippen LogP contribution is -2.21. The highest BCUT2D eigenvalue weighted by atomic mass is 79.9. The Hall–Kier alpha value is -1.20. The van der Waals surface area contributed by atoms with Gasteiger partial charge in [0.25, 0.3) is 0 Å². The Bertz CT molecular complexity index is 492. The summed E-state index contributed by atoms with van der Waals surface area (Å²) in [4.78, 5) is 0. The summed E-state index contributed by atoms with van der Waals surface area (Å²) >= 11 is 3.45. The van der Waals surface area contributed by atoms with Crippen molar-refractivity contribution in [1.82, 2.24) is 20.3 Å². The summed E-state index contributed by atoms with van der Waals surface area (Å²) in [5, 5.41) is 11.5. The first-order valence-electron chi connectivity index (χ1n) is 6.07. The molecule has 0 fully saturated rings. The SMILES string of the molecule is CCCn1nncc1C(NC)c1ccc(Br)cc1. The van der Waals surface area contributed by atoms with Gasteiger partial charge >= 0.3 is 0 Å². The van der Waals surface area contributed by atoms with Crippen LogP contribution in [0.2, 0.25) is 0 Å². The smallest absolute Gasteiger partial charge is 0.0801 e. The molecule has 0 spiro atoms. The van der Waals surface area contributed by atoms with Gasteiger partial charge in [0.2, 0.25) is 0 Å². The number of nitrogens with one attached hydrogen (secondary N) is 1. The minimum atomic E-state index is 0.125. The van der Waals surface area contributed by atoms with E-state index >= 15 is 0 Å². The molecular weight excluding hydrogens is 292 g/mol. The molecule has 1 unspecified atom stereocenters. The molecule has 0 bridgehead atoms. The Morgan fingerprint density at radius 1 is 1.33 bits per heavy atom. The molecule has 2 aromatic rings. The third-order valence-electron chi connectivity index (χ3n) is 2.87. The average molecular weight is 309 g/mol. The number of halogens is 1. The second-order valence-corrected chi connectivity index (χ2v) is 5.07. The Kier molecular flexibility index (Phi) is 4.49. The monoisotopic (exact) mass is 308 g/mol. The zero-order valence-electron chi connectivity index (χ0n) is 10.6. The van der Waals surface area contributed by atoms with Crippen LogP contribution in [0.1, 0.15) is 30.6 Å². The van der Waals surface area contributed by atoms with Gasteiger partial charge in [-0.05, 0) is 31.2 Å². The summed E-state index contributed by atoms with van der Waals surface area (Å²) in [6.45, 7) is 3.03. The van der Waals surface area contributed by atoms with Crippen LogP contribution in [0.25, 0.3) is 0 Å². The highest BCUT2D eigenvalue weighted by Crippen LogP contribution is 2.22. The van der Waals surface area contributed by atoms with Gasteiger partial charge in [0.1, 0.15) is 0 Å². The van der Waals surface area contributed by atoms with E-state index in [1.54, 1.807) is 0 Å². The zero-order chi connectivity index (χ0) is 13.0. The number of aryl methyl sites for hydroxylation is 1. The molecule has 0 aliphatic carbocycles. The minimum Gasteiger partial charge on any atom is -0.308 e. The van der Waals surface area contributed by atoms with Crippen molar-refractivity contribution in [3.8, 4) is 0 Å². The quantitative estimate of drug-likeness (QED) is 0.923. The molecule has 0 aliphatic rings. The first-order valence-corrected chi connectivity index (χ1v) is 6.86. The molecule has 96 valence electrons. The molecule has 0 saturated carbocycles. The van der Waals surface area contributed by atoms with E-state index in [0.717, 1.165) is 23.1 Å². The molecule has 18 heavy (non-hydrogen) atoms. The molecule has 1 aromatic heterocycles. The Labute approximate surface area is 116 Å². The molecule has 1 aromatic carbocycles. The van der Waals surface area contributed by atoms with E-state index in [9.17, 15) is 0 Å². The van der Waals surface area contributed by atoms with Crippen LogP contribution >= 0.6 is 15.9 Å².